The lowest BCUT2D eigenvalue weighted by Crippen LogP contribution is -2.43. The molecule has 2 aromatic rings. The van der Waals surface area contributed by atoms with Gasteiger partial charge in [-0.05, 0) is 36.1 Å². The van der Waals surface area contributed by atoms with Crippen LogP contribution < -0.4 is 15.4 Å². The lowest BCUT2D eigenvalue weighted by Gasteiger charge is -2.20. The van der Waals surface area contributed by atoms with Crippen LogP contribution >= 0.6 is 11.6 Å². The van der Waals surface area contributed by atoms with Gasteiger partial charge in [0.05, 0.1) is 0 Å². The average Bonchev–Trinajstić information content (AvgIpc) is 2.54. The molecule has 0 heterocycles. The van der Waals surface area contributed by atoms with Crippen LogP contribution in [0.5, 0.6) is 5.75 Å². The van der Waals surface area contributed by atoms with E-state index in [1.54, 1.807) is 13.0 Å². The van der Waals surface area contributed by atoms with Crippen molar-refractivity contribution in [2.24, 2.45) is 0 Å². The molecule has 128 valence electrons. The SMILES string of the molecule is CC(NC(=O)NCc1ccccc1Cl)Oc1ccccc1C(C)C. The molecule has 1 atom stereocenters. The molecule has 0 fully saturated rings. The van der Waals surface area contributed by atoms with E-state index in [9.17, 15) is 4.79 Å². The largest absolute Gasteiger partial charge is 0.471 e. The van der Waals surface area contributed by atoms with Gasteiger partial charge in [-0.1, -0.05) is 61.8 Å². The first-order valence-corrected chi connectivity index (χ1v) is 8.38. The topological polar surface area (TPSA) is 50.4 Å². The molecule has 0 radical (unpaired) electrons. The summed E-state index contributed by atoms with van der Waals surface area (Å²) < 4.78 is 5.86. The summed E-state index contributed by atoms with van der Waals surface area (Å²) in [6, 6.07) is 15.0. The first-order valence-electron chi connectivity index (χ1n) is 8.00. The number of ether oxygens (including phenoxy) is 1. The third-order valence-electron chi connectivity index (χ3n) is 3.58. The van der Waals surface area contributed by atoms with Crippen molar-refractivity contribution in [3.63, 3.8) is 0 Å². The summed E-state index contributed by atoms with van der Waals surface area (Å²) in [5, 5.41) is 6.18. The van der Waals surface area contributed by atoms with E-state index in [4.69, 9.17) is 16.3 Å². The van der Waals surface area contributed by atoms with E-state index in [1.807, 2.05) is 42.5 Å². The van der Waals surface area contributed by atoms with Crippen molar-refractivity contribution in [3.05, 3.63) is 64.7 Å². The normalized spacial score (nSPS) is 11.9. The van der Waals surface area contributed by atoms with E-state index in [0.717, 1.165) is 16.9 Å². The fraction of sp³-hybridized carbons (Fsp3) is 0.316. The Morgan fingerprint density at radius 3 is 2.46 bits per heavy atom. The number of benzene rings is 2. The van der Waals surface area contributed by atoms with Crippen LogP contribution in [0.1, 0.15) is 37.8 Å². The van der Waals surface area contributed by atoms with Crippen molar-refractivity contribution in [1.29, 1.82) is 0 Å². The summed E-state index contributed by atoms with van der Waals surface area (Å²) in [6.07, 6.45) is -0.448. The maximum atomic E-state index is 12.0. The Labute approximate surface area is 148 Å². The maximum Gasteiger partial charge on any atom is 0.317 e. The minimum Gasteiger partial charge on any atom is -0.471 e. The lowest BCUT2D eigenvalue weighted by molar-refractivity contribution is 0.175. The van der Waals surface area contributed by atoms with E-state index >= 15 is 0 Å². The van der Waals surface area contributed by atoms with Crippen LogP contribution in [-0.4, -0.2) is 12.3 Å². The molecule has 0 saturated carbocycles. The Kier molecular flexibility index (Phi) is 6.50. The van der Waals surface area contributed by atoms with Gasteiger partial charge < -0.3 is 15.4 Å². The predicted molar refractivity (Wildman–Crippen MR) is 97.4 cm³/mol. The number of carbonyl (C=O) groups is 1. The van der Waals surface area contributed by atoms with E-state index in [1.165, 1.54) is 0 Å². The molecular formula is C19H23ClN2O2. The number of nitrogens with one attached hydrogen (secondary N) is 2. The molecule has 5 heteroatoms. The fourth-order valence-electron chi connectivity index (χ4n) is 2.34. The van der Waals surface area contributed by atoms with Crippen LogP contribution in [-0.2, 0) is 6.54 Å². The standard InChI is InChI=1S/C19H23ClN2O2/c1-13(2)16-9-5-7-11-18(16)24-14(3)22-19(23)21-12-15-8-4-6-10-17(15)20/h4-11,13-14H,12H2,1-3H3,(H2,21,22,23). The minimum absolute atomic E-state index is 0.301. The van der Waals surface area contributed by atoms with Gasteiger partial charge in [0, 0.05) is 11.6 Å². The molecule has 24 heavy (non-hydrogen) atoms. The summed E-state index contributed by atoms with van der Waals surface area (Å²) in [6.45, 7) is 6.38. The zero-order valence-electron chi connectivity index (χ0n) is 14.2. The fourth-order valence-corrected chi connectivity index (χ4v) is 2.54. The van der Waals surface area contributed by atoms with Crippen molar-refractivity contribution in [2.75, 3.05) is 0 Å². The first kappa shape index (κ1) is 18.1. The van der Waals surface area contributed by atoms with Gasteiger partial charge in [-0.3, -0.25) is 0 Å². The minimum atomic E-state index is -0.448. The molecule has 0 saturated heterocycles. The second-order valence-corrected chi connectivity index (χ2v) is 6.28. The van der Waals surface area contributed by atoms with Crippen LogP contribution in [0.3, 0.4) is 0 Å². The first-order chi connectivity index (χ1) is 11.5. The number of halogens is 1. The number of amides is 2. The number of urea groups is 1. The van der Waals surface area contributed by atoms with Gasteiger partial charge in [-0.15, -0.1) is 0 Å². The molecule has 0 spiro atoms. The van der Waals surface area contributed by atoms with Crippen LogP contribution in [0.25, 0.3) is 0 Å². The molecule has 2 rings (SSSR count). The predicted octanol–water partition coefficient (Wildman–Crippen LogP) is 4.69. The zero-order chi connectivity index (χ0) is 17.5. The number of rotatable bonds is 6. The quantitative estimate of drug-likeness (QED) is 0.745. The van der Waals surface area contributed by atoms with E-state index in [0.29, 0.717) is 17.5 Å². The van der Waals surface area contributed by atoms with Crippen molar-refractivity contribution in [2.45, 2.75) is 39.5 Å². The maximum absolute atomic E-state index is 12.0. The highest BCUT2D eigenvalue weighted by molar-refractivity contribution is 6.31. The molecule has 4 nitrogen and oxygen atoms in total. The Balaban J connectivity index is 1.87. The van der Waals surface area contributed by atoms with E-state index in [-0.39, 0.29) is 6.03 Å². The van der Waals surface area contributed by atoms with Gasteiger partial charge in [0.15, 0.2) is 6.23 Å². The Bertz CT molecular complexity index is 689. The molecular weight excluding hydrogens is 324 g/mol. The molecule has 1 unspecified atom stereocenters. The zero-order valence-corrected chi connectivity index (χ0v) is 14.9. The molecule has 0 aromatic heterocycles. The lowest BCUT2D eigenvalue weighted by atomic mass is 10.0. The molecule has 0 aliphatic carbocycles. The van der Waals surface area contributed by atoms with Gasteiger partial charge in [-0.2, -0.15) is 0 Å². The Morgan fingerprint density at radius 2 is 1.75 bits per heavy atom. The molecule has 0 aliphatic rings. The molecule has 2 aromatic carbocycles. The average molecular weight is 347 g/mol. The van der Waals surface area contributed by atoms with Crippen LogP contribution in [0.15, 0.2) is 48.5 Å². The Morgan fingerprint density at radius 1 is 1.08 bits per heavy atom. The third kappa shape index (κ3) is 5.17. The monoisotopic (exact) mass is 346 g/mol. The Hall–Kier alpha value is -2.20. The number of hydrogen-bond acceptors (Lipinski definition) is 2. The summed E-state index contributed by atoms with van der Waals surface area (Å²) in [4.78, 5) is 12.0. The second-order valence-electron chi connectivity index (χ2n) is 5.87. The van der Waals surface area contributed by atoms with Crippen LogP contribution in [0.2, 0.25) is 5.02 Å². The number of carbonyl (C=O) groups excluding carboxylic acids is 1. The third-order valence-corrected chi connectivity index (χ3v) is 3.95. The summed E-state index contributed by atoms with van der Waals surface area (Å²) in [7, 11) is 0. The molecule has 2 N–H and O–H groups in total. The molecule has 2 amide bonds. The van der Waals surface area contributed by atoms with Gasteiger partial charge in [-0.25, -0.2) is 4.79 Å². The van der Waals surface area contributed by atoms with Crippen molar-refractivity contribution < 1.29 is 9.53 Å². The second kappa shape index (κ2) is 8.60. The summed E-state index contributed by atoms with van der Waals surface area (Å²) >= 11 is 6.07. The van der Waals surface area contributed by atoms with Crippen LogP contribution in [0, 0.1) is 0 Å². The highest BCUT2D eigenvalue weighted by Gasteiger charge is 2.12. The highest BCUT2D eigenvalue weighted by Crippen LogP contribution is 2.26. The summed E-state index contributed by atoms with van der Waals surface area (Å²) in [5.74, 6) is 1.13. The highest BCUT2D eigenvalue weighted by atomic mass is 35.5. The van der Waals surface area contributed by atoms with Crippen molar-refractivity contribution >= 4 is 17.6 Å². The number of hydrogen-bond donors (Lipinski definition) is 2. The van der Waals surface area contributed by atoms with E-state index in [2.05, 4.69) is 24.5 Å². The van der Waals surface area contributed by atoms with Gasteiger partial charge in [0.1, 0.15) is 5.75 Å². The van der Waals surface area contributed by atoms with Gasteiger partial charge in [0.25, 0.3) is 0 Å². The van der Waals surface area contributed by atoms with Crippen LogP contribution in [0.4, 0.5) is 4.79 Å². The molecule has 0 aliphatic heterocycles. The van der Waals surface area contributed by atoms with Gasteiger partial charge >= 0.3 is 6.03 Å². The van der Waals surface area contributed by atoms with Crippen molar-refractivity contribution in [3.8, 4) is 5.75 Å². The smallest absolute Gasteiger partial charge is 0.317 e. The number of para-hydroxylation sites is 1. The summed E-state index contributed by atoms with van der Waals surface area (Å²) in [5.41, 5.74) is 1.98. The van der Waals surface area contributed by atoms with Gasteiger partial charge in [0.2, 0.25) is 0 Å². The molecule has 0 bridgehead atoms. The van der Waals surface area contributed by atoms with E-state index < -0.39 is 6.23 Å². The van der Waals surface area contributed by atoms with Crippen molar-refractivity contribution in [1.82, 2.24) is 10.6 Å².